The monoisotopic (exact) mass is 501 g/mol. The van der Waals surface area contributed by atoms with Gasteiger partial charge in [-0.05, 0) is 54.5 Å². The van der Waals surface area contributed by atoms with Crippen LogP contribution >= 0.6 is 0 Å². The van der Waals surface area contributed by atoms with E-state index in [0.717, 1.165) is 39.7 Å². The van der Waals surface area contributed by atoms with Crippen LogP contribution in [-0.2, 0) is 0 Å². The van der Waals surface area contributed by atoms with Crippen LogP contribution in [0.15, 0.2) is 118 Å². The van der Waals surface area contributed by atoms with Crippen molar-refractivity contribution in [3.05, 3.63) is 125 Å². The van der Waals surface area contributed by atoms with E-state index in [0.29, 0.717) is 0 Å². The van der Waals surface area contributed by atoms with Crippen LogP contribution < -0.4 is 10.6 Å². The topological polar surface area (TPSA) is 31.2 Å². The van der Waals surface area contributed by atoms with Crippen molar-refractivity contribution >= 4 is 66.9 Å². The molecule has 0 amide bonds. The van der Waals surface area contributed by atoms with E-state index in [1.54, 1.807) is 0 Å². The Morgan fingerprint density at radius 2 is 1.23 bits per heavy atom. The van der Waals surface area contributed by atoms with Crippen LogP contribution in [0.3, 0.4) is 0 Å². The third kappa shape index (κ3) is 2.98. The Kier molecular flexibility index (Phi) is 4.17. The average Bonchev–Trinajstić information content (AvgIpc) is 3.65. The second-order valence-electron chi connectivity index (χ2n) is 10.5. The summed E-state index contributed by atoms with van der Waals surface area (Å²) in [4.78, 5) is 0. The van der Waals surface area contributed by atoms with E-state index in [4.69, 9.17) is 8.83 Å². The molecule has 184 valence electrons. The maximum Gasteiger partial charge on any atom is 0.137 e. The zero-order valence-electron chi connectivity index (χ0n) is 21.1. The summed E-state index contributed by atoms with van der Waals surface area (Å²) in [6, 6.07) is 38.7. The molecule has 1 atom stereocenters. The summed E-state index contributed by atoms with van der Waals surface area (Å²) in [5.41, 5.74) is 8.54. The molecule has 5 aromatic carbocycles. The first-order chi connectivity index (χ1) is 19.3. The predicted octanol–water partition coefficient (Wildman–Crippen LogP) is 8.18. The van der Waals surface area contributed by atoms with Gasteiger partial charge in [-0.25, -0.2) is 0 Å². The number of furan rings is 2. The van der Waals surface area contributed by atoms with Crippen LogP contribution in [0.2, 0.25) is 0 Å². The highest BCUT2D eigenvalue weighted by molar-refractivity contribution is 6.09. The summed E-state index contributed by atoms with van der Waals surface area (Å²) in [5, 5.41) is 7.19. The van der Waals surface area contributed by atoms with Gasteiger partial charge >= 0.3 is 0 Å². The molecule has 0 bridgehead atoms. The molecule has 0 saturated carbocycles. The number of hydrogen-bond donors (Lipinski definition) is 0. The number of nitrogens with zero attached hydrogens (tertiary/aromatic N) is 1. The Bertz CT molecular complexity index is 2330. The molecule has 3 nitrogen and oxygen atoms in total. The van der Waals surface area contributed by atoms with Crippen molar-refractivity contribution in [3.8, 4) is 5.69 Å². The van der Waals surface area contributed by atoms with Crippen LogP contribution in [0.1, 0.15) is 17.9 Å². The van der Waals surface area contributed by atoms with Gasteiger partial charge in [0.2, 0.25) is 0 Å². The molecule has 39 heavy (non-hydrogen) atoms. The van der Waals surface area contributed by atoms with Crippen molar-refractivity contribution in [2.24, 2.45) is 0 Å². The van der Waals surface area contributed by atoms with Crippen molar-refractivity contribution < 1.29 is 8.83 Å². The average molecular weight is 502 g/mol. The van der Waals surface area contributed by atoms with Gasteiger partial charge in [0.15, 0.2) is 0 Å². The van der Waals surface area contributed by atoms with Crippen LogP contribution in [0.4, 0.5) is 0 Å². The van der Waals surface area contributed by atoms with Gasteiger partial charge in [-0.2, -0.15) is 0 Å². The first-order valence-corrected chi connectivity index (χ1v) is 13.5. The van der Waals surface area contributed by atoms with E-state index in [1.165, 1.54) is 43.4 Å². The molecule has 0 radical (unpaired) electrons. The maximum atomic E-state index is 6.43. The molecule has 0 fully saturated rings. The van der Waals surface area contributed by atoms with Crippen LogP contribution in [0, 0.1) is 0 Å². The van der Waals surface area contributed by atoms with Crippen molar-refractivity contribution in [1.29, 1.82) is 0 Å². The van der Waals surface area contributed by atoms with Crippen molar-refractivity contribution in [3.63, 3.8) is 0 Å². The van der Waals surface area contributed by atoms with Crippen molar-refractivity contribution in [2.75, 3.05) is 0 Å². The minimum Gasteiger partial charge on any atom is -0.456 e. The quantitative estimate of drug-likeness (QED) is 0.239. The fourth-order valence-electron chi connectivity index (χ4n) is 6.50. The lowest BCUT2D eigenvalue weighted by Crippen LogP contribution is -2.24. The zero-order chi connectivity index (χ0) is 25.5. The minimum absolute atomic E-state index is 0.271. The maximum absolute atomic E-state index is 6.43. The normalized spacial score (nSPS) is 15.2. The second kappa shape index (κ2) is 7.75. The molecule has 0 saturated heterocycles. The highest BCUT2D eigenvalue weighted by atomic mass is 16.3. The SMILES string of the molecule is C1=c2oc3cc(-n4c5ccccc5c5ccccc54)ccc3c2=CC(c2ccc3c(c2)oc2ccccc23)C1. The summed E-state index contributed by atoms with van der Waals surface area (Å²) in [5.74, 6) is 0.271. The standard InChI is InChI=1S/C36H23NO2/c1-4-10-31-25(7-1)26-8-2-5-11-32(26)37(31)24-15-17-29-30-19-22(14-18-34(30)39-36(29)21-24)23-13-16-28-27-9-3-6-12-33(27)38-35(28)20-23/h1-13,15-22H,14H2. The molecule has 3 heterocycles. The Balaban J connectivity index is 1.18. The van der Waals surface area contributed by atoms with E-state index >= 15 is 0 Å². The lowest BCUT2D eigenvalue weighted by Gasteiger charge is -2.13. The van der Waals surface area contributed by atoms with Crippen molar-refractivity contribution in [2.45, 2.75) is 12.3 Å². The second-order valence-corrected chi connectivity index (χ2v) is 10.5. The molecule has 3 heteroatoms. The summed E-state index contributed by atoms with van der Waals surface area (Å²) < 4.78 is 14.9. The van der Waals surface area contributed by atoms with E-state index in [-0.39, 0.29) is 5.92 Å². The molecule has 0 N–H and O–H groups in total. The first-order valence-electron chi connectivity index (χ1n) is 13.5. The molecule has 0 spiro atoms. The van der Waals surface area contributed by atoms with Gasteiger partial charge in [-0.15, -0.1) is 0 Å². The van der Waals surface area contributed by atoms with Gasteiger partial charge in [0.1, 0.15) is 22.2 Å². The smallest absolute Gasteiger partial charge is 0.137 e. The van der Waals surface area contributed by atoms with Gasteiger partial charge in [0, 0.05) is 49.8 Å². The Morgan fingerprint density at radius 1 is 0.564 bits per heavy atom. The van der Waals surface area contributed by atoms with E-state index in [9.17, 15) is 0 Å². The fourth-order valence-corrected chi connectivity index (χ4v) is 6.50. The summed E-state index contributed by atoms with van der Waals surface area (Å²) >= 11 is 0. The van der Waals surface area contributed by atoms with Crippen molar-refractivity contribution in [1.82, 2.24) is 4.57 Å². The number of fused-ring (bicyclic) bond motifs is 9. The lowest BCUT2D eigenvalue weighted by atomic mass is 9.91. The summed E-state index contributed by atoms with van der Waals surface area (Å²) in [7, 11) is 0. The molecule has 0 aliphatic heterocycles. The molecule has 1 aliphatic rings. The van der Waals surface area contributed by atoms with E-state index in [2.05, 4.69) is 114 Å². The summed E-state index contributed by atoms with van der Waals surface area (Å²) in [6.45, 7) is 0. The largest absolute Gasteiger partial charge is 0.456 e. The van der Waals surface area contributed by atoms with Gasteiger partial charge in [0.25, 0.3) is 0 Å². The fraction of sp³-hybridized carbons (Fsp3) is 0.0556. The lowest BCUT2D eigenvalue weighted by molar-refractivity contribution is 0.570. The molecule has 3 aromatic heterocycles. The summed E-state index contributed by atoms with van der Waals surface area (Å²) in [6.07, 6.45) is 5.51. The van der Waals surface area contributed by atoms with Gasteiger partial charge < -0.3 is 13.4 Å². The third-order valence-electron chi connectivity index (χ3n) is 8.34. The molecule has 8 aromatic rings. The number of hydrogen-bond acceptors (Lipinski definition) is 2. The highest BCUT2D eigenvalue weighted by Crippen LogP contribution is 2.34. The highest BCUT2D eigenvalue weighted by Gasteiger charge is 2.18. The number of aromatic nitrogens is 1. The third-order valence-corrected chi connectivity index (χ3v) is 8.34. The Morgan fingerprint density at radius 3 is 2.05 bits per heavy atom. The molecule has 9 rings (SSSR count). The van der Waals surface area contributed by atoms with Crippen LogP contribution in [-0.4, -0.2) is 4.57 Å². The van der Waals surface area contributed by atoms with Gasteiger partial charge in [-0.1, -0.05) is 72.8 Å². The number of rotatable bonds is 2. The zero-order valence-corrected chi connectivity index (χ0v) is 21.1. The van der Waals surface area contributed by atoms with Crippen LogP contribution in [0.25, 0.3) is 72.6 Å². The number of benzene rings is 5. The molecular formula is C36H23NO2. The molecular weight excluding hydrogens is 478 g/mol. The van der Waals surface area contributed by atoms with Gasteiger partial charge in [-0.3, -0.25) is 0 Å². The first kappa shape index (κ1) is 21.0. The minimum atomic E-state index is 0.271. The van der Waals surface area contributed by atoms with E-state index in [1.807, 2.05) is 12.1 Å². The molecule has 1 aliphatic carbocycles. The number of para-hydroxylation sites is 3. The van der Waals surface area contributed by atoms with E-state index < -0.39 is 0 Å². The predicted molar refractivity (Wildman–Crippen MR) is 160 cm³/mol. The van der Waals surface area contributed by atoms with Gasteiger partial charge in [0.05, 0.1) is 11.0 Å². The van der Waals surface area contributed by atoms with Crippen LogP contribution in [0.5, 0.6) is 0 Å². The Labute approximate surface area is 223 Å². The molecule has 1 unspecified atom stereocenters. The Hall–Kier alpha value is -5.02.